The third kappa shape index (κ3) is 3.52. The Hall–Kier alpha value is -1.62. The molecule has 25 heavy (non-hydrogen) atoms. The molecule has 4 nitrogen and oxygen atoms in total. The monoisotopic (exact) mass is 349 g/mol. The molecule has 2 aliphatic rings. The summed E-state index contributed by atoms with van der Waals surface area (Å²) in [6.07, 6.45) is 2.70. The number of hydrogen-bond donors (Lipinski definition) is 2. The van der Waals surface area contributed by atoms with E-state index in [2.05, 4.69) is 19.2 Å². The van der Waals surface area contributed by atoms with Gasteiger partial charge >= 0.3 is 5.97 Å². The van der Waals surface area contributed by atoms with E-state index in [-0.39, 0.29) is 17.2 Å². The molecule has 2 aliphatic heterocycles. The maximum atomic E-state index is 15.3. The van der Waals surface area contributed by atoms with Crippen molar-refractivity contribution in [1.82, 2.24) is 5.32 Å². The van der Waals surface area contributed by atoms with Crippen LogP contribution in [0.5, 0.6) is 5.75 Å². The molecule has 3 rings (SSSR count). The van der Waals surface area contributed by atoms with Gasteiger partial charge in [0.1, 0.15) is 11.6 Å². The third-order valence-electron chi connectivity index (χ3n) is 5.55. The summed E-state index contributed by atoms with van der Waals surface area (Å²) in [5.74, 6) is -1.24. The zero-order valence-electron chi connectivity index (χ0n) is 15.3. The first-order valence-electron chi connectivity index (χ1n) is 9.24. The lowest BCUT2D eigenvalue weighted by molar-refractivity contribution is -0.140. The Morgan fingerprint density at radius 1 is 1.44 bits per heavy atom. The summed E-state index contributed by atoms with van der Waals surface area (Å²) in [4.78, 5) is 12.1. The molecule has 1 aromatic carbocycles. The van der Waals surface area contributed by atoms with Crippen LogP contribution in [0.25, 0.3) is 0 Å². The molecule has 1 aromatic rings. The molecule has 1 fully saturated rings. The molecule has 0 aromatic heterocycles. The number of nitrogens with one attached hydrogen (secondary N) is 1. The first kappa shape index (κ1) is 18.2. The topological polar surface area (TPSA) is 58.6 Å². The second kappa shape index (κ2) is 6.94. The van der Waals surface area contributed by atoms with Crippen molar-refractivity contribution in [2.24, 2.45) is 11.3 Å². The maximum absolute atomic E-state index is 15.3. The van der Waals surface area contributed by atoms with E-state index in [0.29, 0.717) is 41.9 Å². The molecule has 0 radical (unpaired) electrons. The molecule has 1 saturated heterocycles. The Morgan fingerprint density at radius 3 is 2.72 bits per heavy atom. The van der Waals surface area contributed by atoms with E-state index in [0.717, 1.165) is 25.9 Å². The minimum Gasteiger partial charge on any atom is -0.493 e. The number of carboxylic acids is 1. The van der Waals surface area contributed by atoms with Crippen molar-refractivity contribution in [3.8, 4) is 5.75 Å². The van der Waals surface area contributed by atoms with Crippen molar-refractivity contribution in [2.45, 2.75) is 52.4 Å². The van der Waals surface area contributed by atoms with Gasteiger partial charge in [0.05, 0.1) is 12.5 Å². The molecule has 138 valence electrons. The Bertz CT molecular complexity index is 665. The summed E-state index contributed by atoms with van der Waals surface area (Å²) in [6.45, 7) is 8.16. The summed E-state index contributed by atoms with van der Waals surface area (Å²) >= 11 is 0. The standard InChI is InChI=1S/C20H28FNO3/c1-4-13-14(17(19(23)24)12-5-7-22-8-6-12)9-16-15(18(13)21)10-20(2,3)11-25-16/h9,12,17,22H,4-8,10-11H2,1-3H3,(H,23,24). The van der Waals surface area contributed by atoms with Crippen LogP contribution in [0.4, 0.5) is 4.39 Å². The van der Waals surface area contributed by atoms with Gasteiger partial charge in [0.25, 0.3) is 0 Å². The average molecular weight is 349 g/mol. The van der Waals surface area contributed by atoms with E-state index in [1.807, 2.05) is 13.0 Å². The van der Waals surface area contributed by atoms with Gasteiger partial charge in [0.15, 0.2) is 0 Å². The van der Waals surface area contributed by atoms with Crippen LogP contribution in [0.3, 0.4) is 0 Å². The Labute approximate surface area is 148 Å². The number of piperidine rings is 1. The van der Waals surface area contributed by atoms with Gasteiger partial charge in [-0.3, -0.25) is 4.79 Å². The molecule has 1 unspecified atom stereocenters. The number of halogens is 1. The fourth-order valence-corrected chi connectivity index (χ4v) is 4.23. The zero-order chi connectivity index (χ0) is 18.2. The number of rotatable bonds is 4. The number of carbonyl (C=O) groups is 1. The molecule has 0 saturated carbocycles. The summed E-state index contributed by atoms with van der Waals surface area (Å²) in [6, 6.07) is 1.81. The van der Waals surface area contributed by atoms with E-state index in [1.54, 1.807) is 0 Å². The fourth-order valence-electron chi connectivity index (χ4n) is 4.23. The number of benzene rings is 1. The van der Waals surface area contributed by atoms with Crippen LogP contribution in [0.1, 0.15) is 56.2 Å². The van der Waals surface area contributed by atoms with Crippen LogP contribution >= 0.6 is 0 Å². The van der Waals surface area contributed by atoms with Crippen molar-refractivity contribution in [1.29, 1.82) is 0 Å². The Morgan fingerprint density at radius 2 is 2.12 bits per heavy atom. The lowest BCUT2D eigenvalue weighted by atomic mass is 9.76. The van der Waals surface area contributed by atoms with Crippen molar-refractivity contribution in [3.05, 3.63) is 28.6 Å². The largest absolute Gasteiger partial charge is 0.493 e. The molecule has 5 heteroatoms. The SMILES string of the molecule is CCc1c(C(C(=O)O)C2CCNCC2)cc2c(c1F)CC(C)(C)CO2. The predicted molar refractivity (Wildman–Crippen MR) is 94.7 cm³/mol. The highest BCUT2D eigenvalue weighted by Crippen LogP contribution is 2.42. The minimum atomic E-state index is -0.864. The van der Waals surface area contributed by atoms with E-state index in [4.69, 9.17) is 4.74 Å². The van der Waals surface area contributed by atoms with Crippen molar-refractivity contribution < 1.29 is 19.0 Å². The Kier molecular flexibility index (Phi) is 5.05. The summed E-state index contributed by atoms with van der Waals surface area (Å²) in [5, 5.41) is 13.2. The minimum absolute atomic E-state index is 0.0292. The second-order valence-corrected chi connectivity index (χ2v) is 8.12. The van der Waals surface area contributed by atoms with Gasteiger partial charge in [-0.15, -0.1) is 0 Å². The first-order valence-corrected chi connectivity index (χ1v) is 9.24. The Balaban J connectivity index is 2.08. The highest BCUT2D eigenvalue weighted by Gasteiger charge is 2.36. The second-order valence-electron chi connectivity index (χ2n) is 8.12. The molecular weight excluding hydrogens is 321 g/mol. The average Bonchev–Trinajstić information content (AvgIpc) is 2.56. The molecule has 0 amide bonds. The van der Waals surface area contributed by atoms with E-state index in [1.165, 1.54) is 0 Å². The third-order valence-corrected chi connectivity index (χ3v) is 5.55. The van der Waals surface area contributed by atoms with E-state index in [9.17, 15) is 9.90 Å². The number of ether oxygens (including phenoxy) is 1. The highest BCUT2D eigenvalue weighted by molar-refractivity contribution is 5.77. The zero-order valence-corrected chi connectivity index (χ0v) is 15.3. The van der Waals surface area contributed by atoms with Crippen LogP contribution < -0.4 is 10.1 Å². The lowest BCUT2D eigenvalue weighted by Crippen LogP contribution is -2.34. The van der Waals surface area contributed by atoms with Crippen LogP contribution in [0, 0.1) is 17.2 Å². The molecule has 2 N–H and O–H groups in total. The van der Waals surface area contributed by atoms with Gasteiger partial charge in [0.2, 0.25) is 0 Å². The number of carboxylic acid groups (broad SMARTS) is 1. The number of fused-ring (bicyclic) bond motifs is 1. The lowest BCUT2D eigenvalue weighted by Gasteiger charge is -2.34. The molecule has 0 bridgehead atoms. The molecule has 0 spiro atoms. The van der Waals surface area contributed by atoms with E-state index >= 15 is 4.39 Å². The first-order chi connectivity index (χ1) is 11.8. The van der Waals surface area contributed by atoms with Crippen LogP contribution in [-0.2, 0) is 17.6 Å². The van der Waals surface area contributed by atoms with Crippen molar-refractivity contribution >= 4 is 5.97 Å². The molecular formula is C20H28FNO3. The van der Waals surface area contributed by atoms with Gasteiger partial charge in [-0.1, -0.05) is 20.8 Å². The predicted octanol–water partition coefficient (Wildman–Crippen LogP) is 3.52. The number of hydrogen-bond acceptors (Lipinski definition) is 3. The normalized spacial score (nSPS) is 21.3. The smallest absolute Gasteiger partial charge is 0.311 e. The van der Waals surface area contributed by atoms with Gasteiger partial charge < -0.3 is 15.2 Å². The molecule has 1 atom stereocenters. The quantitative estimate of drug-likeness (QED) is 0.873. The van der Waals surface area contributed by atoms with Gasteiger partial charge in [0, 0.05) is 11.0 Å². The van der Waals surface area contributed by atoms with E-state index < -0.39 is 11.9 Å². The van der Waals surface area contributed by atoms with Crippen molar-refractivity contribution in [2.75, 3.05) is 19.7 Å². The fraction of sp³-hybridized carbons (Fsp3) is 0.650. The molecule has 0 aliphatic carbocycles. The number of aliphatic carboxylic acids is 1. The van der Waals surface area contributed by atoms with Gasteiger partial charge in [-0.2, -0.15) is 0 Å². The summed E-state index contributed by atoms with van der Waals surface area (Å²) < 4.78 is 21.1. The molecule has 2 heterocycles. The van der Waals surface area contributed by atoms with Crippen LogP contribution in [-0.4, -0.2) is 30.8 Å². The maximum Gasteiger partial charge on any atom is 0.311 e. The van der Waals surface area contributed by atoms with Crippen LogP contribution in [0.15, 0.2) is 6.07 Å². The van der Waals surface area contributed by atoms with Crippen LogP contribution in [0.2, 0.25) is 0 Å². The summed E-state index contributed by atoms with van der Waals surface area (Å²) in [5.41, 5.74) is 1.65. The van der Waals surface area contributed by atoms with Gasteiger partial charge in [-0.25, -0.2) is 4.39 Å². The van der Waals surface area contributed by atoms with Gasteiger partial charge in [-0.05, 0) is 61.9 Å². The van der Waals surface area contributed by atoms with Crippen molar-refractivity contribution in [3.63, 3.8) is 0 Å². The highest BCUT2D eigenvalue weighted by atomic mass is 19.1. The summed E-state index contributed by atoms with van der Waals surface area (Å²) in [7, 11) is 0.